The summed E-state index contributed by atoms with van der Waals surface area (Å²) in [6.45, 7) is 1.26. The molecule has 0 saturated carbocycles. The number of rotatable bonds is 10. The maximum absolute atomic E-state index is 14.3. The molecular formula is C34H27F7N4O3S. The second kappa shape index (κ2) is 15.3. The Hall–Kier alpha value is -5.31. The van der Waals surface area contributed by atoms with Gasteiger partial charge in [-0.15, -0.1) is 11.8 Å². The van der Waals surface area contributed by atoms with Crippen LogP contribution in [0.4, 0.5) is 47.8 Å². The second-order valence-electron chi connectivity index (χ2n) is 10.6. The van der Waals surface area contributed by atoms with Crippen LogP contribution in [0.5, 0.6) is 0 Å². The van der Waals surface area contributed by atoms with E-state index in [0.29, 0.717) is 16.0 Å². The molecule has 3 N–H and O–H groups in total. The van der Waals surface area contributed by atoms with Crippen molar-refractivity contribution in [3.05, 3.63) is 125 Å². The van der Waals surface area contributed by atoms with Gasteiger partial charge in [-0.2, -0.15) is 13.2 Å². The van der Waals surface area contributed by atoms with E-state index in [1.54, 1.807) is 47.8 Å². The summed E-state index contributed by atoms with van der Waals surface area (Å²) in [5, 5.41) is 5.68. The van der Waals surface area contributed by atoms with Crippen molar-refractivity contribution in [2.24, 2.45) is 0 Å². The first-order chi connectivity index (χ1) is 23.1. The molecule has 0 aromatic heterocycles. The van der Waals surface area contributed by atoms with Crippen molar-refractivity contribution in [3.8, 4) is 0 Å². The highest BCUT2D eigenvalue weighted by Gasteiger charge is 2.42. The van der Waals surface area contributed by atoms with Gasteiger partial charge in [0.05, 0.1) is 5.25 Å². The molecule has 1 unspecified atom stereocenters. The van der Waals surface area contributed by atoms with Gasteiger partial charge in [0.15, 0.2) is 23.3 Å². The third-order valence-corrected chi connectivity index (χ3v) is 7.91. The minimum Gasteiger partial charge on any atom is -0.378 e. The zero-order chi connectivity index (χ0) is 36.0. The fourth-order valence-corrected chi connectivity index (χ4v) is 5.22. The largest absolute Gasteiger partial charge is 0.422 e. The van der Waals surface area contributed by atoms with Crippen molar-refractivity contribution in [1.29, 1.82) is 0 Å². The van der Waals surface area contributed by atoms with Crippen molar-refractivity contribution in [2.45, 2.75) is 23.2 Å². The predicted molar refractivity (Wildman–Crippen MR) is 173 cm³/mol. The molecule has 0 saturated heterocycles. The predicted octanol–water partition coefficient (Wildman–Crippen LogP) is 7.86. The molecule has 1 atom stereocenters. The SMILES string of the molecule is CC(Sc1cccc(NC(=O)/C(=C\c2ccc(N(C)C)cc2)NC(=O)c2ccccc2)c1)C(=O)Nc1c(F)c(F)c(C(F)(F)F)c(F)c1F. The fourth-order valence-electron chi connectivity index (χ4n) is 4.30. The molecule has 0 fully saturated rings. The van der Waals surface area contributed by atoms with Gasteiger partial charge in [-0.1, -0.05) is 36.4 Å². The molecule has 3 amide bonds. The average Bonchev–Trinajstić information content (AvgIpc) is 3.05. The van der Waals surface area contributed by atoms with Crippen LogP contribution in [0.15, 0.2) is 89.5 Å². The first-order valence-electron chi connectivity index (χ1n) is 14.2. The van der Waals surface area contributed by atoms with Gasteiger partial charge >= 0.3 is 6.18 Å². The number of alkyl halides is 3. The molecule has 256 valence electrons. The number of carbonyl (C=O) groups excluding carboxylic acids is 3. The van der Waals surface area contributed by atoms with E-state index in [1.165, 1.54) is 37.3 Å². The van der Waals surface area contributed by atoms with Crippen LogP contribution < -0.4 is 20.9 Å². The van der Waals surface area contributed by atoms with Gasteiger partial charge in [0.1, 0.15) is 16.9 Å². The number of carbonyl (C=O) groups is 3. The van der Waals surface area contributed by atoms with Crippen molar-refractivity contribution < 1.29 is 45.1 Å². The summed E-state index contributed by atoms with van der Waals surface area (Å²) < 4.78 is 95.3. The average molecular weight is 705 g/mol. The quantitative estimate of drug-likeness (QED) is 0.0677. The Balaban J connectivity index is 1.52. The molecule has 4 aromatic carbocycles. The first-order valence-corrected chi connectivity index (χ1v) is 15.1. The summed E-state index contributed by atoms with van der Waals surface area (Å²) in [6, 6.07) is 21.3. The molecule has 0 aliphatic rings. The molecule has 4 rings (SSSR count). The van der Waals surface area contributed by atoms with Crippen molar-refractivity contribution in [3.63, 3.8) is 0 Å². The minimum atomic E-state index is -5.73. The Morgan fingerprint density at radius 2 is 1.41 bits per heavy atom. The Kier molecular flexibility index (Phi) is 11.4. The third kappa shape index (κ3) is 8.99. The Morgan fingerprint density at radius 1 is 0.796 bits per heavy atom. The molecule has 0 spiro atoms. The lowest BCUT2D eigenvalue weighted by Crippen LogP contribution is -2.30. The van der Waals surface area contributed by atoms with Crippen molar-refractivity contribution in [2.75, 3.05) is 29.6 Å². The highest BCUT2D eigenvalue weighted by atomic mass is 32.2. The molecular weight excluding hydrogens is 677 g/mol. The van der Waals surface area contributed by atoms with Gasteiger partial charge in [0, 0.05) is 35.9 Å². The van der Waals surface area contributed by atoms with Crippen LogP contribution in [0.2, 0.25) is 0 Å². The molecule has 4 aromatic rings. The van der Waals surface area contributed by atoms with E-state index in [0.717, 1.165) is 17.4 Å². The zero-order valence-corrected chi connectivity index (χ0v) is 26.7. The number of anilines is 3. The monoisotopic (exact) mass is 704 g/mol. The van der Waals surface area contributed by atoms with Gasteiger partial charge in [-0.05, 0) is 61.0 Å². The lowest BCUT2D eigenvalue weighted by atomic mass is 10.1. The standard InChI is InChI=1S/C34H27F7N4O3S/c1-18(31(46)44-30-28(37)26(35)25(34(39,40)41)27(36)29(30)38)49-23-11-7-10-21(17-23)42-33(48)24(43-32(47)20-8-5-4-6-9-20)16-19-12-14-22(15-13-19)45(2)3/h4-18H,1-3H3,(H,42,48)(H,43,47)(H,44,46)/b24-16+. The highest BCUT2D eigenvalue weighted by molar-refractivity contribution is 8.00. The summed E-state index contributed by atoms with van der Waals surface area (Å²) in [4.78, 5) is 41.3. The number of hydrogen-bond acceptors (Lipinski definition) is 5. The smallest absolute Gasteiger partial charge is 0.378 e. The maximum Gasteiger partial charge on any atom is 0.422 e. The Morgan fingerprint density at radius 3 is 1.98 bits per heavy atom. The molecule has 0 radical (unpaired) electrons. The number of amides is 3. The van der Waals surface area contributed by atoms with E-state index in [2.05, 4.69) is 10.6 Å². The molecule has 15 heteroatoms. The second-order valence-corrected chi connectivity index (χ2v) is 12.0. The number of nitrogens with zero attached hydrogens (tertiary/aromatic N) is 1. The number of halogens is 7. The molecule has 0 aliphatic heterocycles. The van der Waals surface area contributed by atoms with Crippen molar-refractivity contribution >= 4 is 52.6 Å². The lowest BCUT2D eigenvalue weighted by Gasteiger charge is -2.17. The van der Waals surface area contributed by atoms with Crippen LogP contribution in [-0.2, 0) is 15.8 Å². The van der Waals surface area contributed by atoms with E-state index in [9.17, 15) is 45.1 Å². The Bertz CT molecular complexity index is 1870. The Labute approximate surface area is 280 Å². The van der Waals surface area contributed by atoms with E-state index in [1.807, 2.05) is 31.1 Å². The summed E-state index contributed by atoms with van der Waals surface area (Å²) in [7, 11) is 3.73. The van der Waals surface area contributed by atoms with Crippen molar-refractivity contribution in [1.82, 2.24) is 5.32 Å². The van der Waals surface area contributed by atoms with E-state index in [4.69, 9.17) is 0 Å². The summed E-state index contributed by atoms with van der Waals surface area (Å²) in [5.74, 6) is -12.7. The van der Waals surface area contributed by atoms with Gasteiger partial charge in [0.25, 0.3) is 11.8 Å². The third-order valence-electron chi connectivity index (χ3n) is 6.82. The van der Waals surface area contributed by atoms with Gasteiger partial charge in [-0.3, -0.25) is 14.4 Å². The molecule has 7 nitrogen and oxygen atoms in total. The van der Waals surface area contributed by atoms with E-state index < -0.39 is 63.7 Å². The van der Waals surface area contributed by atoms with E-state index in [-0.39, 0.29) is 11.4 Å². The lowest BCUT2D eigenvalue weighted by molar-refractivity contribution is -0.143. The van der Waals surface area contributed by atoms with Gasteiger partial charge < -0.3 is 20.9 Å². The van der Waals surface area contributed by atoms with Crippen LogP contribution >= 0.6 is 11.8 Å². The minimum absolute atomic E-state index is 0.0997. The molecule has 0 aliphatic carbocycles. The van der Waals surface area contributed by atoms with Gasteiger partial charge in [0.2, 0.25) is 5.91 Å². The number of hydrogen-bond donors (Lipinski definition) is 3. The van der Waals surface area contributed by atoms with Crippen LogP contribution in [-0.4, -0.2) is 37.1 Å². The van der Waals surface area contributed by atoms with Crippen LogP contribution in [0, 0.1) is 23.3 Å². The maximum atomic E-state index is 14.3. The summed E-state index contributed by atoms with van der Waals surface area (Å²) >= 11 is 0.798. The normalized spacial score (nSPS) is 12.2. The van der Waals surface area contributed by atoms with Crippen LogP contribution in [0.25, 0.3) is 6.08 Å². The number of benzene rings is 4. The first kappa shape index (κ1) is 36.5. The summed E-state index contributed by atoms with van der Waals surface area (Å²) in [6.07, 6.45) is -4.25. The topological polar surface area (TPSA) is 90.5 Å². The highest BCUT2D eigenvalue weighted by Crippen LogP contribution is 2.39. The number of nitrogens with one attached hydrogen (secondary N) is 3. The number of thioether (sulfide) groups is 1. The van der Waals surface area contributed by atoms with E-state index >= 15 is 0 Å². The van der Waals surface area contributed by atoms with Crippen LogP contribution in [0.3, 0.4) is 0 Å². The molecule has 0 heterocycles. The molecule has 49 heavy (non-hydrogen) atoms. The fraction of sp³-hybridized carbons (Fsp3) is 0.147. The summed E-state index contributed by atoms with van der Waals surface area (Å²) in [5.41, 5.74) is -2.55. The molecule has 0 bridgehead atoms. The van der Waals surface area contributed by atoms with Crippen LogP contribution in [0.1, 0.15) is 28.4 Å². The zero-order valence-electron chi connectivity index (χ0n) is 25.9. The van der Waals surface area contributed by atoms with Gasteiger partial charge in [-0.25, -0.2) is 17.6 Å².